The first-order valence-electron chi connectivity index (χ1n) is 7.18. The topological polar surface area (TPSA) is 75.6 Å². The van der Waals surface area contributed by atoms with Crippen molar-refractivity contribution >= 4 is 28.9 Å². The Morgan fingerprint density at radius 2 is 1.96 bits per heavy atom. The zero-order valence-corrected chi connectivity index (χ0v) is 14.1. The van der Waals surface area contributed by atoms with E-state index < -0.39 is 11.9 Å². The highest BCUT2D eigenvalue weighted by Gasteiger charge is 2.16. The van der Waals surface area contributed by atoms with Crippen molar-refractivity contribution in [3.05, 3.63) is 45.6 Å². The van der Waals surface area contributed by atoms with Crippen molar-refractivity contribution in [2.45, 2.75) is 20.3 Å². The number of anilines is 1. The van der Waals surface area contributed by atoms with Crippen molar-refractivity contribution in [1.82, 2.24) is 0 Å². The second kappa shape index (κ2) is 7.28. The molecule has 0 aliphatic carbocycles. The minimum absolute atomic E-state index is 0.216. The summed E-state index contributed by atoms with van der Waals surface area (Å²) in [6.07, 6.45) is 0.460. The van der Waals surface area contributed by atoms with Crippen LogP contribution in [0.15, 0.2) is 30.3 Å². The lowest BCUT2D eigenvalue weighted by Gasteiger charge is -2.08. The summed E-state index contributed by atoms with van der Waals surface area (Å²) < 4.78 is 5.20. The number of thiophene rings is 1. The first kappa shape index (κ1) is 17.0. The molecule has 0 fully saturated rings. The number of aryl methyl sites for hydroxylation is 1. The molecule has 6 heteroatoms. The highest BCUT2D eigenvalue weighted by molar-refractivity contribution is 7.14. The van der Waals surface area contributed by atoms with Crippen molar-refractivity contribution in [1.29, 1.82) is 0 Å². The molecular formula is C17H19NO4S. The van der Waals surface area contributed by atoms with Gasteiger partial charge in [0.05, 0.1) is 13.0 Å². The van der Waals surface area contributed by atoms with Crippen LogP contribution in [0.1, 0.15) is 27.0 Å². The van der Waals surface area contributed by atoms with Crippen LogP contribution >= 0.6 is 11.3 Å². The van der Waals surface area contributed by atoms with E-state index in [-0.39, 0.29) is 5.91 Å². The third-order valence-electron chi connectivity index (χ3n) is 3.42. The standard InChI is InChI=1S/C17H19NO4S/c1-10(17(20)21)8-12-4-6-13(7-5-12)18-16(19)15-14(22-3)9-11(2)23-15/h4-7,9-10H,8H2,1-3H3,(H,18,19)(H,20,21). The predicted molar refractivity (Wildman–Crippen MR) is 90.5 cm³/mol. The van der Waals surface area contributed by atoms with E-state index in [4.69, 9.17) is 9.84 Å². The molecule has 0 aliphatic rings. The number of carboxylic acids is 1. The first-order chi connectivity index (χ1) is 10.9. The molecule has 2 aromatic rings. The number of hydrogen-bond donors (Lipinski definition) is 2. The van der Waals surface area contributed by atoms with Crippen LogP contribution in [-0.4, -0.2) is 24.1 Å². The molecule has 1 unspecified atom stereocenters. The highest BCUT2D eigenvalue weighted by Crippen LogP contribution is 2.29. The van der Waals surface area contributed by atoms with E-state index in [1.54, 1.807) is 19.1 Å². The van der Waals surface area contributed by atoms with Gasteiger partial charge in [-0.25, -0.2) is 0 Å². The summed E-state index contributed by atoms with van der Waals surface area (Å²) >= 11 is 1.38. The van der Waals surface area contributed by atoms with Crippen LogP contribution < -0.4 is 10.1 Å². The van der Waals surface area contributed by atoms with Crippen molar-refractivity contribution in [2.24, 2.45) is 5.92 Å². The number of ether oxygens (including phenoxy) is 1. The number of hydrogen-bond acceptors (Lipinski definition) is 4. The Kier molecular flexibility index (Phi) is 5.39. The van der Waals surface area contributed by atoms with Crippen LogP contribution in [0.25, 0.3) is 0 Å². The molecule has 0 radical (unpaired) electrons. The number of methoxy groups -OCH3 is 1. The van der Waals surface area contributed by atoms with Gasteiger partial charge in [-0.1, -0.05) is 19.1 Å². The van der Waals surface area contributed by atoms with E-state index in [0.717, 1.165) is 10.4 Å². The summed E-state index contributed by atoms with van der Waals surface area (Å²) in [6.45, 7) is 3.59. The molecule has 1 heterocycles. The van der Waals surface area contributed by atoms with Crippen molar-refractivity contribution in [2.75, 3.05) is 12.4 Å². The van der Waals surface area contributed by atoms with Crippen LogP contribution in [0.3, 0.4) is 0 Å². The van der Waals surface area contributed by atoms with E-state index in [9.17, 15) is 9.59 Å². The number of aliphatic carboxylic acids is 1. The normalized spacial score (nSPS) is 11.8. The molecule has 2 rings (SSSR count). The SMILES string of the molecule is COc1cc(C)sc1C(=O)Nc1ccc(CC(C)C(=O)O)cc1. The lowest BCUT2D eigenvalue weighted by molar-refractivity contribution is -0.141. The molecule has 23 heavy (non-hydrogen) atoms. The first-order valence-corrected chi connectivity index (χ1v) is 8.00. The summed E-state index contributed by atoms with van der Waals surface area (Å²) in [6, 6.07) is 9.03. The molecule has 5 nitrogen and oxygen atoms in total. The predicted octanol–water partition coefficient (Wildman–Crippen LogP) is 3.58. The number of carbonyl (C=O) groups excluding carboxylic acids is 1. The minimum atomic E-state index is -0.817. The van der Waals surface area contributed by atoms with Gasteiger partial charge in [0.2, 0.25) is 0 Å². The average Bonchev–Trinajstić information content (AvgIpc) is 2.90. The van der Waals surface area contributed by atoms with Crippen LogP contribution in [0, 0.1) is 12.8 Å². The fourth-order valence-corrected chi connectivity index (χ4v) is 3.03. The molecular weight excluding hydrogens is 314 g/mol. The molecule has 1 atom stereocenters. The summed E-state index contributed by atoms with van der Waals surface area (Å²) in [5.74, 6) is -0.903. The summed E-state index contributed by atoms with van der Waals surface area (Å²) in [4.78, 5) is 24.7. The molecule has 0 saturated carbocycles. The van der Waals surface area contributed by atoms with Gasteiger partial charge in [0, 0.05) is 10.6 Å². The van der Waals surface area contributed by atoms with Gasteiger partial charge in [0.15, 0.2) is 0 Å². The quantitative estimate of drug-likeness (QED) is 0.847. The van der Waals surface area contributed by atoms with E-state index in [1.807, 2.05) is 25.1 Å². The Bertz CT molecular complexity index is 706. The smallest absolute Gasteiger partial charge is 0.306 e. The lowest BCUT2D eigenvalue weighted by atomic mass is 10.0. The van der Waals surface area contributed by atoms with Gasteiger partial charge < -0.3 is 15.2 Å². The summed E-state index contributed by atoms with van der Waals surface area (Å²) in [5, 5.41) is 11.8. The Hall–Kier alpha value is -2.34. The maximum absolute atomic E-state index is 12.3. The van der Waals surface area contributed by atoms with Crippen molar-refractivity contribution in [3.8, 4) is 5.75 Å². The largest absolute Gasteiger partial charge is 0.495 e. The fraction of sp³-hybridized carbons (Fsp3) is 0.294. The molecule has 0 spiro atoms. The van der Waals surface area contributed by atoms with Crippen LogP contribution in [-0.2, 0) is 11.2 Å². The third kappa shape index (κ3) is 4.32. The van der Waals surface area contributed by atoms with Gasteiger partial charge in [-0.15, -0.1) is 11.3 Å². The second-order valence-electron chi connectivity index (χ2n) is 5.35. The lowest BCUT2D eigenvalue weighted by Crippen LogP contribution is -2.13. The fourth-order valence-electron chi connectivity index (χ4n) is 2.15. The maximum Gasteiger partial charge on any atom is 0.306 e. The Morgan fingerprint density at radius 3 is 2.52 bits per heavy atom. The molecule has 1 amide bonds. The van der Waals surface area contributed by atoms with E-state index >= 15 is 0 Å². The monoisotopic (exact) mass is 333 g/mol. The maximum atomic E-state index is 12.3. The van der Waals surface area contributed by atoms with E-state index in [2.05, 4.69) is 5.32 Å². The Morgan fingerprint density at radius 1 is 1.30 bits per heavy atom. The van der Waals surface area contributed by atoms with E-state index in [0.29, 0.717) is 22.7 Å². The second-order valence-corrected chi connectivity index (χ2v) is 6.61. The Labute approximate surface area is 138 Å². The number of amides is 1. The molecule has 1 aromatic heterocycles. The zero-order chi connectivity index (χ0) is 17.0. The summed E-state index contributed by atoms with van der Waals surface area (Å²) in [7, 11) is 1.54. The van der Waals surface area contributed by atoms with Crippen LogP contribution in [0.4, 0.5) is 5.69 Å². The molecule has 0 aliphatic heterocycles. The molecule has 0 saturated heterocycles. The average molecular weight is 333 g/mol. The van der Waals surface area contributed by atoms with Gasteiger partial charge in [-0.3, -0.25) is 9.59 Å². The van der Waals surface area contributed by atoms with Crippen LogP contribution in [0.2, 0.25) is 0 Å². The number of rotatable bonds is 6. The Balaban J connectivity index is 2.05. The van der Waals surface area contributed by atoms with E-state index in [1.165, 1.54) is 18.4 Å². The van der Waals surface area contributed by atoms with Gasteiger partial charge in [-0.2, -0.15) is 0 Å². The molecule has 122 valence electrons. The third-order valence-corrected chi connectivity index (χ3v) is 4.45. The molecule has 2 N–H and O–H groups in total. The van der Waals surface area contributed by atoms with Crippen molar-refractivity contribution < 1.29 is 19.4 Å². The van der Waals surface area contributed by atoms with Gasteiger partial charge >= 0.3 is 5.97 Å². The number of nitrogens with one attached hydrogen (secondary N) is 1. The minimum Gasteiger partial charge on any atom is -0.495 e. The number of carboxylic acid groups (broad SMARTS) is 1. The van der Waals surface area contributed by atoms with Gasteiger partial charge in [-0.05, 0) is 37.1 Å². The number of benzene rings is 1. The van der Waals surface area contributed by atoms with Crippen molar-refractivity contribution in [3.63, 3.8) is 0 Å². The number of carbonyl (C=O) groups is 2. The van der Waals surface area contributed by atoms with Gasteiger partial charge in [0.25, 0.3) is 5.91 Å². The molecule has 1 aromatic carbocycles. The highest BCUT2D eigenvalue weighted by atomic mass is 32.1. The van der Waals surface area contributed by atoms with Crippen LogP contribution in [0.5, 0.6) is 5.75 Å². The molecule has 0 bridgehead atoms. The summed E-state index contributed by atoms with van der Waals surface area (Å²) in [5.41, 5.74) is 1.58. The zero-order valence-electron chi connectivity index (χ0n) is 13.3. The van der Waals surface area contributed by atoms with Gasteiger partial charge in [0.1, 0.15) is 10.6 Å².